The van der Waals surface area contributed by atoms with Gasteiger partial charge in [0, 0.05) is 12.4 Å². The molecule has 9 heteroatoms. The van der Waals surface area contributed by atoms with Gasteiger partial charge in [-0.2, -0.15) is 8.42 Å². The maximum atomic E-state index is 12.1. The highest BCUT2D eigenvalue weighted by molar-refractivity contribution is 7.92. The number of imidazole rings is 2. The number of nitrogens with one attached hydrogen (secondary N) is 2. The summed E-state index contributed by atoms with van der Waals surface area (Å²) >= 11 is 0. The van der Waals surface area contributed by atoms with Gasteiger partial charge in [0.2, 0.25) is 0 Å². The Morgan fingerprint density at radius 3 is 2.67 bits per heavy atom. The van der Waals surface area contributed by atoms with E-state index in [0.29, 0.717) is 17.3 Å². The monoisotopic (exact) mass is 304 g/mol. The van der Waals surface area contributed by atoms with E-state index in [-0.39, 0.29) is 5.03 Å². The topological polar surface area (TPSA) is 106 Å². The summed E-state index contributed by atoms with van der Waals surface area (Å²) in [6, 6.07) is 3.32. The SMILES string of the molecule is Cc1ncc(S(=O)(=O)Nc2ccc(-n3ccnc3)nc2)[nH]1. The zero-order chi connectivity index (χ0) is 14.9. The Hall–Kier alpha value is -2.68. The molecule has 3 aromatic heterocycles. The normalized spacial score (nSPS) is 11.5. The molecule has 0 radical (unpaired) electrons. The van der Waals surface area contributed by atoms with Gasteiger partial charge < -0.3 is 4.98 Å². The molecule has 0 spiro atoms. The van der Waals surface area contributed by atoms with Gasteiger partial charge >= 0.3 is 0 Å². The maximum absolute atomic E-state index is 12.1. The number of pyridine rings is 1. The Bertz CT molecular complexity index is 836. The van der Waals surface area contributed by atoms with Gasteiger partial charge in [0.25, 0.3) is 10.0 Å². The van der Waals surface area contributed by atoms with Crippen LogP contribution in [0.1, 0.15) is 5.82 Å². The summed E-state index contributed by atoms with van der Waals surface area (Å²) in [5, 5.41) is 0.0127. The lowest BCUT2D eigenvalue weighted by Gasteiger charge is -2.07. The first-order valence-electron chi connectivity index (χ1n) is 6.03. The molecule has 3 rings (SSSR count). The molecule has 0 unspecified atom stereocenters. The smallest absolute Gasteiger partial charge is 0.279 e. The van der Waals surface area contributed by atoms with Gasteiger partial charge in [-0.3, -0.25) is 9.29 Å². The standard InChI is InChI=1S/C12H12N6O2S/c1-9-14-7-12(16-9)21(19,20)17-10-2-3-11(15-6-10)18-5-4-13-8-18/h2-8,17H,1H3,(H,14,16). The average Bonchev–Trinajstić information content (AvgIpc) is 3.10. The Morgan fingerprint density at radius 2 is 2.10 bits per heavy atom. The maximum Gasteiger partial charge on any atom is 0.279 e. The second-order valence-electron chi connectivity index (χ2n) is 4.31. The molecule has 0 aliphatic heterocycles. The molecule has 0 fully saturated rings. The van der Waals surface area contributed by atoms with E-state index in [4.69, 9.17) is 0 Å². The molecule has 2 N–H and O–H groups in total. The van der Waals surface area contributed by atoms with Crippen molar-refractivity contribution in [3.05, 3.63) is 49.1 Å². The highest BCUT2D eigenvalue weighted by atomic mass is 32.2. The largest absolute Gasteiger partial charge is 0.332 e. The Kier molecular flexibility index (Phi) is 3.18. The van der Waals surface area contributed by atoms with Crippen LogP contribution in [0.15, 0.2) is 48.3 Å². The average molecular weight is 304 g/mol. The number of hydrogen-bond acceptors (Lipinski definition) is 5. The number of anilines is 1. The van der Waals surface area contributed by atoms with Crippen molar-refractivity contribution in [1.29, 1.82) is 0 Å². The van der Waals surface area contributed by atoms with Crippen LogP contribution in [0.25, 0.3) is 5.82 Å². The minimum absolute atomic E-state index is 0.0127. The molecule has 3 heterocycles. The molecule has 0 amide bonds. The molecule has 0 aromatic carbocycles. The highest BCUT2D eigenvalue weighted by Crippen LogP contribution is 2.15. The predicted molar refractivity (Wildman–Crippen MR) is 75.5 cm³/mol. The van der Waals surface area contributed by atoms with Gasteiger partial charge in [-0.05, 0) is 19.1 Å². The van der Waals surface area contributed by atoms with Crippen LogP contribution in [-0.2, 0) is 10.0 Å². The summed E-state index contributed by atoms with van der Waals surface area (Å²) < 4.78 is 28.4. The minimum Gasteiger partial charge on any atom is -0.332 e. The number of nitrogens with zero attached hydrogens (tertiary/aromatic N) is 4. The zero-order valence-corrected chi connectivity index (χ0v) is 11.9. The van der Waals surface area contributed by atoms with Crippen LogP contribution in [0, 0.1) is 6.92 Å². The van der Waals surface area contributed by atoms with Crippen molar-refractivity contribution in [3.63, 3.8) is 0 Å². The zero-order valence-electron chi connectivity index (χ0n) is 11.1. The first kappa shape index (κ1) is 13.3. The number of H-pyrrole nitrogens is 1. The number of aryl methyl sites for hydroxylation is 1. The first-order valence-corrected chi connectivity index (χ1v) is 7.52. The lowest BCUT2D eigenvalue weighted by molar-refractivity contribution is 0.598. The molecule has 0 bridgehead atoms. The summed E-state index contributed by atoms with van der Waals surface area (Å²) in [5.41, 5.74) is 0.367. The molecule has 0 saturated carbocycles. The molecule has 108 valence electrons. The fourth-order valence-electron chi connectivity index (χ4n) is 1.74. The van der Waals surface area contributed by atoms with E-state index in [2.05, 4.69) is 24.7 Å². The van der Waals surface area contributed by atoms with Gasteiger partial charge in [0.05, 0.1) is 18.1 Å². The lowest BCUT2D eigenvalue weighted by atomic mass is 10.4. The predicted octanol–water partition coefficient (Wildman–Crippen LogP) is 1.10. The van der Waals surface area contributed by atoms with Crippen LogP contribution in [0.2, 0.25) is 0 Å². The lowest BCUT2D eigenvalue weighted by Crippen LogP contribution is -2.13. The second-order valence-corrected chi connectivity index (χ2v) is 5.96. The summed E-state index contributed by atoms with van der Waals surface area (Å²) in [5.74, 6) is 1.18. The summed E-state index contributed by atoms with van der Waals surface area (Å²) in [4.78, 5) is 14.6. The van der Waals surface area contributed by atoms with Gasteiger partial charge in [-0.25, -0.2) is 15.0 Å². The van der Waals surface area contributed by atoms with Crippen molar-refractivity contribution >= 4 is 15.7 Å². The van der Waals surface area contributed by atoms with Crippen molar-refractivity contribution < 1.29 is 8.42 Å². The van der Waals surface area contributed by atoms with Crippen LogP contribution >= 0.6 is 0 Å². The van der Waals surface area contributed by atoms with E-state index in [1.165, 1.54) is 12.4 Å². The van der Waals surface area contributed by atoms with Gasteiger partial charge in [0.15, 0.2) is 5.03 Å². The fraction of sp³-hybridized carbons (Fsp3) is 0.0833. The molecule has 21 heavy (non-hydrogen) atoms. The van der Waals surface area contributed by atoms with Gasteiger partial charge in [-0.15, -0.1) is 0 Å². The third-order valence-electron chi connectivity index (χ3n) is 2.74. The molecule has 0 aliphatic rings. The van der Waals surface area contributed by atoms with Crippen molar-refractivity contribution in [1.82, 2.24) is 24.5 Å². The summed E-state index contributed by atoms with van der Waals surface area (Å²) in [7, 11) is -3.69. The number of rotatable bonds is 4. The number of sulfonamides is 1. The Labute approximate surface area is 121 Å². The first-order chi connectivity index (χ1) is 10.0. The van der Waals surface area contributed by atoms with Crippen molar-refractivity contribution in [2.45, 2.75) is 11.9 Å². The second kappa shape index (κ2) is 5.02. The van der Waals surface area contributed by atoms with Crippen molar-refractivity contribution in [3.8, 4) is 5.82 Å². The van der Waals surface area contributed by atoms with Crippen LogP contribution in [-0.4, -0.2) is 32.9 Å². The third kappa shape index (κ3) is 2.77. The Morgan fingerprint density at radius 1 is 1.24 bits per heavy atom. The fourth-order valence-corrected chi connectivity index (χ4v) is 2.75. The summed E-state index contributed by atoms with van der Waals surface area (Å²) in [6.07, 6.45) is 7.71. The molecule has 0 saturated heterocycles. The molecule has 0 aliphatic carbocycles. The van der Waals surface area contributed by atoms with Crippen LogP contribution < -0.4 is 4.72 Å². The van der Waals surface area contributed by atoms with Gasteiger partial charge in [0.1, 0.15) is 18.0 Å². The molecular formula is C12H12N6O2S. The van der Waals surface area contributed by atoms with Crippen LogP contribution in [0.5, 0.6) is 0 Å². The molecular weight excluding hydrogens is 292 g/mol. The Balaban J connectivity index is 1.82. The van der Waals surface area contributed by atoms with Crippen molar-refractivity contribution in [2.75, 3.05) is 4.72 Å². The van der Waals surface area contributed by atoms with Crippen LogP contribution in [0.3, 0.4) is 0 Å². The number of aromatic nitrogens is 5. The summed E-state index contributed by atoms with van der Waals surface area (Å²) in [6.45, 7) is 1.68. The molecule has 3 aromatic rings. The number of hydrogen-bond donors (Lipinski definition) is 2. The quantitative estimate of drug-likeness (QED) is 0.751. The van der Waals surface area contributed by atoms with E-state index in [0.717, 1.165) is 0 Å². The third-order valence-corrected chi connectivity index (χ3v) is 4.03. The van der Waals surface area contributed by atoms with Gasteiger partial charge in [-0.1, -0.05) is 0 Å². The molecule has 8 nitrogen and oxygen atoms in total. The van der Waals surface area contributed by atoms with Crippen molar-refractivity contribution in [2.24, 2.45) is 0 Å². The van der Waals surface area contributed by atoms with E-state index in [9.17, 15) is 8.42 Å². The van der Waals surface area contributed by atoms with E-state index in [1.807, 2.05) is 0 Å². The van der Waals surface area contributed by atoms with Crippen LogP contribution in [0.4, 0.5) is 5.69 Å². The number of aromatic amines is 1. The highest BCUT2D eigenvalue weighted by Gasteiger charge is 2.16. The molecule has 0 atom stereocenters. The van der Waals surface area contributed by atoms with E-state index >= 15 is 0 Å². The van der Waals surface area contributed by atoms with E-state index < -0.39 is 10.0 Å². The minimum atomic E-state index is -3.69. The van der Waals surface area contributed by atoms with E-state index in [1.54, 1.807) is 42.3 Å².